The van der Waals surface area contributed by atoms with E-state index in [1.54, 1.807) is 0 Å². The lowest BCUT2D eigenvalue weighted by molar-refractivity contribution is -0.145. The van der Waals surface area contributed by atoms with Crippen LogP contribution in [0.2, 0.25) is 0 Å². The van der Waals surface area contributed by atoms with E-state index >= 15 is 0 Å². The Bertz CT molecular complexity index is 368. The lowest BCUT2D eigenvalue weighted by Crippen LogP contribution is -2.55. The summed E-state index contributed by atoms with van der Waals surface area (Å²) in [7, 11) is 2.56. The normalized spacial score (nSPS) is 13.7. The van der Waals surface area contributed by atoms with Gasteiger partial charge in [-0.15, -0.1) is 0 Å². The van der Waals surface area contributed by atoms with Crippen molar-refractivity contribution in [3.05, 3.63) is 0 Å². The van der Waals surface area contributed by atoms with Crippen LogP contribution >= 0.6 is 0 Å². The maximum Gasteiger partial charge on any atom is 0.325 e. The first kappa shape index (κ1) is 19.4. The van der Waals surface area contributed by atoms with Gasteiger partial charge in [-0.05, 0) is 11.8 Å². The van der Waals surface area contributed by atoms with Gasteiger partial charge in [0.1, 0.15) is 12.6 Å². The largest absolute Gasteiger partial charge is 0.468 e. The van der Waals surface area contributed by atoms with Crippen LogP contribution in [-0.4, -0.2) is 50.7 Å². The highest BCUT2D eigenvalue weighted by atomic mass is 16.5. The SMILES string of the molecule is COC(=O)CNC(=O)[C@@H](N[C@H](C(=O)OC)C(C)C)C(C)C. The summed E-state index contributed by atoms with van der Waals surface area (Å²) in [4.78, 5) is 35.0. The minimum absolute atomic E-state index is 0.0351. The van der Waals surface area contributed by atoms with E-state index in [0.717, 1.165) is 0 Å². The van der Waals surface area contributed by atoms with Crippen LogP contribution in [0.4, 0.5) is 0 Å². The van der Waals surface area contributed by atoms with Gasteiger partial charge >= 0.3 is 11.9 Å². The topological polar surface area (TPSA) is 93.7 Å². The van der Waals surface area contributed by atoms with Gasteiger partial charge in [-0.1, -0.05) is 27.7 Å². The van der Waals surface area contributed by atoms with E-state index in [4.69, 9.17) is 4.74 Å². The highest BCUT2D eigenvalue weighted by molar-refractivity contribution is 5.86. The second-order valence-corrected chi connectivity index (χ2v) is 5.43. The van der Waals surface area contributed by atoms with Crippen molar-refractivity contribution in [1.29, 1.82) is 0 Å². The summed E-state index contributed by atoms with van der Waals surface area (Å²) in [5, 5.41) is 5.49. The number of rotatable bonds is 8. The van der Waals surface area contributed by atoms with Gasteiger partial charge in [-0.25, -0.2) is 0 Å². The van der Waals surface area contributed by atoms with Crippen LogP contribution in [0.1, 0.15) is 27.7 Å². The van der Waals surface area contributed by atoms with Crippen LogP contribution in [0, 0.1) is 11.8 Å². The van der Waals surface area contributed by atoms with Crippen LogP contribution in [0.3, 0.4) is 0 Å². The number of hydrogen-bond acceptors (Lipinski definition) is 6. The van der Waals surface area contributed by atoms with Crippen LogP contribution in [0.15, 0.2) is 0 Å². The van der Waals surface area contributed by atoms with Gasteiger partial charge in [-0.3, -0.25) is 19.7 Å². The lowest BCUT2D eigenvalue weighted by atomic mass is 9.98. The molecule has 0 aliphatic carbocycles. The van der Waals surface area contributed by atoms with Gasteiger partial charge in [0.2, 0.25) is 5.91 Å². The van der Waals surface area contributed by atoms with E-state index in [-0.39, 0.29) is 24.3 Å². The lowest BCUT2D eigenvalue weighted by Gasteiger charge is -2.28. The third kappa shape index (κ3) is 6.57. The smallest absolute Gasteiger partial charge is 0.325 e. The Balaban J connectivity index is 4.84. The molecule has 0 unspecified atom stereocenters. The molecular formula is C14H26N2O5. The molecule has 0 radical (unpaired) electrons. The third-order valence-electron chi connectivity index (χ3n) is 3.06. The summed E-state index contributed by atoms with van der Waals surface area (Å²) in [6.45, 7) is 7.22. The summed E-state index contributed by atoms with van der Waals surface area (Å²) in [6, 6.07) is -1.20. The molecule has 0 aromatic rings. The average molecular weight is 302 g/mol. The standard InChI is InChI=1S/C14H26N2O5/c1-8(2)11(13(18)15-7-10(17)20-5)16-12(9(3)4)14(19)21-6/h8-9,11-12,16H,7H2,1-6H3,(H,15,18)/t11-,12-/m0/s1. The predicted molar refractivity (Wildman–Crippen MR) is 77.4 cm³/mol. The van der Waals surface area contributed by atoms with Gasteiger partial charge in [-0.2, -0.15) is 0 Å². The Hall–Kier alpha value is -1.63. The maximum atomic E-state index is 12.1. The van der Waals surface area contributed by atoms with Gasteiger partial charge in [0.15, 0.2) is 0 Å². The number of amides is 1. The molecule has 1 amide bonds. The zero-order valence-corrected chi connectivity index (χ0v) is 13.6. The number of esters is 2. The molecule has 0 spiro atoms. The molecule has 21 heavy (non-hydrogen) atoms. The zero-order valence-electron chi connectivity index (χ0n) is 13.6. The van der Waals surface area contributed by atoms with Crippen molar-refractivity contribution in [1.82, 2.24) is 10.6 Å². The van der Waals surface area contributed by atoms with E-state index < -0.39 is 24.0 Å². The van der Waals surface area contributed by atoms with Crippen molar-refractivity contribution in [2.24, 2.45) is 11.8 Å². The van der Waals surface area contributed by atoms with Crippen molar-refractivity contribution >= 4 is 17.8 Å². The second-order valence-electron chi connectivity index (χ2n) is 5.43. The monoisotopic (exact) mass is 302 g/mol. The number of ether oxygens (including phenoxy) is 2. The fourth-order valence-corrected chi connectivity index (χ4v) is 1.77. The zero-order chi connectivity index (χ0) is 16.6. The molecule has 0 aromatic carbocycles. The average Bonchev–Trinajstić information content (AvgIpc) is 2.43. The molecule has 0 saturated carbocycles. The summed E-state index contributed by atoms with van der Waals surface area (Å²) >= 11 is 0. The minimum atomic E-state index is -0.610. The van der Waals surface area contributed by atoms with Crippen molar-refractivity contribution in [2.45, 2.75) is 39.8 Å². The molecule has 0 aliphatic heterocycles. The fourth-order valence-electron chi connectivity index (χ4n) is 1.77. The number of hydrogen-bond donors (Lipinski definition) is 2. The summed E-state index contributed by atoms with van der Waals surface area (Å²) in [5.41, 5.74) is 0. The maximum absolute atomic E-state index is 12.1. The molecule has 7 nitrogen and oxygen atoms in total. The Morgan fingerprint density at radius 1 is 0.905 bits per heavy atom. The van der Waals surface area contributed by atoms with Gasteiger partial charge in [0.05, 0.1) is 20.3 Å². The molecule has 122 valence electrons. The van der Waals surface area contributed by atoms with E-state index in [1.165, 1.54) is 14.2 Å². The Morgan fingerprint density at radius 3 is 1.81 bits per heavy atom. The number of carbonyl (C=O) groups excluding carboxylic acids is 3. The summed E-state index contributed by atoms with van der Waals surface area (Å²) < 4.78 is 9.21. The Labute approximate surface area is 125 Å². The predicted octanol–water partition coefficient (Wildman–Crippen LogP) is 0.0874. The minimum Gasteiger partial charge on any atom is -0.468 e. The van der Waals surface area contributed by atoms with Crippen molar-refractivity contribution in [3.8, 4) is 0 Å². The molecule has 0 aliphatic rings. The Kier molecular flexibility index (Phi) is 8.61. The molecule has 7 heteroatoms. The van der Waals surface area contributed by atoms with E-state index in [0.29, 0.717) is 0 Å². The highest BCUT2D eigenvalue weighted by Gasteiger charge is 2.31. The number of nitrogens with one attached hydrogen (secondary N) is 2. The molecule has 0 rings (SSSR count). The summed E-state index contributed by atoms with van der Waals surface area (Å²) in [5.74, 6) is -1.40. The van der Waals surface area contributed by atoms with Gasteiger partial charge < -0.3 is 14.8 Å². The van der Waals surface area contributed by atoms with Crippen LogP contribution < -0.4 is 10.6 Å². The first-order valence-corrected chi connectivity index (χ1v) is 6.92. The summed E-state index contributed by atoms with van der Waals surface area (Å²) in [6.07, 6.45) is 0. The van der Waals surface area contributed by atoms with Gasteiger partial charge in [0.25, 0.3) is 0 Å². The molecule has 0 aromatic heterocycles. The first-order chi connectivity index (χ1) is 9.74. The van der Waals surface area contributed by atoms with Crippen molar-refractivity contribution in [2.75, 3.05) is 20.8 Å². The molecule has 0 bridgehead atoms. The number of carbonyl (C=O) groups is 3. The van der Waals surface area contributed by atoms with E-state index in [2.05, 4.69) is 15.4 Å². The van der Waals surface area contributed by atoms with E-state index in [1.807, 2.05) is 27.7 Å². The molecule has 0 fully saturated rings. The molecule has 0 heterocycles. The first-order valence-electron chi connectivity index (χ1n) is 6.92. The molecule has 2 atom stereocenters. The second kappa shape index (κ2) is 9.33. The molecular weight excluding hydrogens is 276 g/mol. The number of methoxy groups -OCH3 is 2. The molecule has 0 saturated heterocycles. The van der Waals surface area contributed by atoms with Gasteiger partial charge in [0, 0.05) is 0 Å². The highest BCUT2D eigenvalue weighted by Crippen LogP contribution is 2.09. The van der Waals surface area contributed by atoms with Crippen molar-refractivity contribution < 1.29 is 23.9 Å². The quantitative estimate of drug-likeness (QED) is 0.617. The fraction of sp³-hybridized carbons (Fsp3) is 0.786. The third-order valence-corrected chi connectivity index (χ3v) is 3.06. The Morgan fingerprint density at radius 2 is 1.43 bits per heavy atom. The van der Waals surface area contributed by atoms with Crippen LogP contribution in [-0.2, 0) is 23.9 Å². The van der Waals surface area contributed by atoms with E-state index in [9.17, 15) is 14.4 Å². The molecule has 2 N–H and O–H groups in total. The van der Waals surface area contributed by atoms with Crippen LogP contribution in [0.25, 0.3) is 0 Å². The van der Waals surface area contributed by atoms with Crippen molar-refractivity contribution in [3.63, 3.8) is 0 Å². The van der Waals surface area contributed by atoms with Crippen LogP contribution in [0.5, 0.6) is 0 Å².